The molecule has 0 bridgehead atoms. The van der Waals surface area contributed by atoms with Crippen LogP contribution in [0.1, 0.15) is 64.1 Å². The molecule has 1 aromatic rings. The van der Waals surface area contributed by atoms with Gasteiger partial charge in [-0.1, -0.05) is 12.1 Å². The van der Waals surface area contributed by atoms with Crippen LogP contribution in [0.2, 0.25) is 0 Å². The molecule has 102 valence electrons. The minimum atomic E-state index is -0.447. The lowest BCUT2D eigenvalue weighted by molar-refractivity contribution is -0.0403. The maximum atomic E-state index is 5.91. The van der Waals surface area contributed by atoms with Gasteiger partial charge in [0.05, 0.1) is 0 Å². The predicted molar refractivity (Wildman–Crippen MR) is 68.1 cm³/mol. The van der Waals surface area contributed by atoms with E-state index in [-0.39, 0.29) is 6.04 Å². The largest absolute Gasteiger partial charge is 0.367 e. The Morgan fingerprint density at radius 2 is 2.22 bits per heavy atom. The monoisotopic (exact) mass is 253 g/mol. The Morgan fingerprint density at radius 1 is 1.44 bits per heavy atom. The van der Waals surface area contributed by atoms with Crippen LogP contribution < -0.4 is 5.73 Å². The second-order valence-electron chi connectivity index (χ2n) is 5.24. The molecule has 18 heavy (non-hydrogen) atoms. The lowest BCUT2D eigenvalue weighted by Crippen LogP contribution is -2.26. The van der Waals surface area contributed by atoms with Crippen molar-refractivity contribution in [2.75, 3.05) is 6.61 Å². The molecule has 1 heterocycles. The van der Waals surface area contributed by atoms with E-state index in [0.717, 1.165) is 31.6 Å². The summed E-state index contributed by atoms with van der Waals surface area (Å²) >= 11 is 0. The van der Waals surface area contributed by atoms with Gasteiger partial charge in [0.2, 0.25) is 11.7 Å². The molecule has 1 aliphatic rings. The Labute approximate surface area is 108 Å². The summed E-state index contributed by atoms with van der Waals surface area (Å²) < 4.78 is 11.1. The molecule has 1 aliphatic carbocycles. The van der Waals surface area contributed by atoms with Crippen LogP contribution in [-0.2, 0) is 10.3 Å². The highest BCUT2D eigenvalue weighted by molar-refractivity contribution is 5.04. The van der Waals surface area contributed by atoms with Gasteiger partial charge >= 0.3 is 0 Å². The molecule has 0 saturated heterocycles. The van der Waals surface area contributed by atoms with Gasteiger partial charge in [-0.3, -0.25) is 0 Å². The summed E-state index contributed by atoms with van der Waals surface area (Å²) in [7, 11) is 0. The van der Waals surface area contributed by atoms with Crippen molar-refractivity contribution in [1.29, 1.82) is 0 Å². The van der Waals surface area contributed by atoms with Crippen LogP contribution in [0.3, 0.4) is 0 Å². The van der Waals surface area contributed by atoms with E-state index >= 15 is 0 Å². The maximum absolute atomic E-state index is 5.91. The van der Waals surface area contributed by atoms with Gasteiger partial charge in [0.15, 0.2) is 0 Å². The van der Waals surface area contributed by atoms with Gasteiger partial charge in [0, 0.05) is 18.6 Å². The second kappa shape index (κ2) is 5.36. The van der Waals surface area contributed by atoms with Crippen LogP contribution >= 0.6 is 0 Å². The average molecular weight is 253 g/mol. The first-order valence-electron chi connectivity index (χ1n) is 6.82. The summed E-state index contributed by atoms with van der Waals surface area (Å²) in [5.74, 6) is 1.70. The maximum Gasteiger partial charge on any atom is 0.229 e. The molecule has 2 N–H and O–H groups in total. The van der Waals surface area contributed by atoms with Crippen LogP contribution in [0.25, 0.3) is 0 Å². The van der Waals surface area contributed by atoms with E-state index in [1.807, 2.05) is 13.8 Å². The zero-order valence-corrected chi connectivity index (χ0v) is 11.5. The Balaban J connectivity index is 2.14. The number of nitrogens with zero attached hydrogens (tertiary/aromatic N) is 2. The molecule has 5 nitrogen and oxygen atoms in total. The van der Waals surface area contributed by atoms with Crippen LogP contribution in [0, 0.1) is 0 Å². The quantitative estimate of drug-likeness (QED) is 0.871. The minimum absolute atomic E-state index is 0.273. The van der Waals surface area contributed by atoms with E-state index < -0.39 is 5.60 Å². The summed E-state index contributed by atoms with van der Waals surface area (Å²) in [6.07, 6.45) is 3.85. The fraction of sp³-hybridized carbons (Fsp3) is 0.846. The number of aromatic nitrogens is 2. The Bertz CT molecular complexity index is 393. The van der Waals surface area contributed by atoms with E-state index in [0.29, 0.717) is 18.3 Å². The molecular formula is C13H23N3O2. The normalized spacial score (nSPS) is 27.3. The molecule has 3 atom stereocenters. The van der Waals surface area contributed by atoms with Crippen molar-refractivity contribution >= 4 is 0 Å². The van der Waals surface area contributed by atoms with Gasteiger partial charge in [0.25, 0.3) is 0 Å². The zero-order valence-electron chi connectivity index (χ0n) is 11.5. The standard InChI is InChI=1S/C13H23N3O2/c1-4-13(3,17-5-2)12-15-11(18-16-12)9-6-7-10(14)8-9/h9-10H,4-8,14H2,1-3H3/t9-,10+,13?/m1/s1. The Kier molecular flexibility index (Phi) is 4.02. The Hall–Kier alpha value is -0.940. The number of rotatable bonds is 5. The first-order valence-corrected chi connectivity index (χ1v) is 6.82. The molecule has 0 aromatic carbocycles. The van der Waals surface area contributed by atoms with Gasteiger partial charge in [-0.25, -0.2) is 0 Å². The molecule has 0 spiro atoms. The molecular weight excluding hydrogens is 230 g/mol. The zero-order chi connectivity index (χ0) is 13.2. The predicted octanol–water partition coefficient (Wildman–Crippen LogP) is 2.33. The summed E-state index contributed by atoms with van der Waals surface area (Å²) in [6, 6.07) is 0.273. The molecule has 1 saturated carbocycles. The van der Waals surface area contributed by atoms with Gasteiger partial charge < -0.3 is 15.0 Å². The first kappa shape index (κ1) is 13.5. The molecule has 1 aromatic heterocycles. The molecule has 2 rings (SSSR count). The van der Waals surface area contributed by atoms with E-state index in [1.54, 1.807) is 0 Å². The van der Waals surface area contributed by atoms with E-state index in [2.05, 4.69) is 17.1 Å². The third kappa shape index (κ3) is 2.57. The fourth-order valence-electron chi connectivity index (χ4n) is 2.50. The van der Waals surface area contributed by atoms with E-state index in [1.165, 1.54) is 0 Å². The molecule has 0 radical (unpaired) electrons. The highest BCUT2D eigenvalue weighted by atomic mass is 16.5. The lowest BCUT2D eigenvalue weighted by atomic mass is 10.0. The Morgan fingerprint density at radius 3 is 2.78 bits per heavy atom. The first-order chi connectivity index (χ1) is 8.59. The van der Waals surface area contributed by atoms with Crippen LogP contribution in [0.15, 0.2) is 4.52 Å². The van der Waals surface area contributed by atoms with Crippen LogP contribution in [0.4, 0.5) is 0 Å². The third-order valence-corrected chi connectivity index (χ3v) is 3.87. The number of ether oxygens (including phenoxy) is 1. The molecule has 1 fully saturated rings. The molecule has 0 amide bonds. The summed E-state index contributed by atoms with van der Waals surface area (Å²) in [6.45, 7) is 6.69. The van der Waals surface area contributed by atoms with Crippen molar-refractivity contribution in [3.05, 3.63) is 11.7 Å². The van der Waals surface area contributed by atoms with Crippen molar-refractivity contribution in [3.8, 4) is 0 Å². The van der Waals surface area contributed by atoms with Crippen molar-refractivity contribution < 1.29 is 9.26 Å². The SMILES string of the molecule is CCOC(C)(CC)c1noc([C@@H]2CC[C@H](N)C2)n1. The molecule has 1 unspecified atom stereocenters. The number of hydrogen-bond acceptors (Lipinski definition) is 5. The van der Waals surface area contributed by atoms with Gasteiger partial charge in [-0.2, -0.15) is 4.98 Å². The van der Waals surface area contributed by atoms with Crippen molar-refractivity contribution in [3.63, 3.8) is 0 Å². The number of nitrogens with two attached hydrogens (primary N) is 1. The fourth-order valence-corrected chi connectivity index (χ4v) is 2.50. The summed E-state index contributed by atoms with van der Waals surface area (Å²) in [5.41, 5.74) is 5.47. The topological polar surface area (TPSA) is 74.2 Å². The van der Waals surface area contributed by atoms with Crippen molar-refractivity contribution in [2.45, 2.75) is 64.0 Å². The van der Waals surface area contributed by atoms with Gasteiger partial charge in [-0.05, 0) is 39.5 Å². The average Bonchev–Trinajstić information content (AvgIpc) is 2.97. The highest BCUT2D eigenvalue weighted by Gasteiger charge is 2.34. The minimum Gasteiger partial charge on any atom is -0.367 e. The van der Waals surface area contributed by atoms with Gasteiger partial charge in [-0.15, -0.1) is 0 Å². The highest BCUT2D eigenvalue weighted by Crippen LogP contribution is 2.34. The molecule has 5 heteroatoms. The smallest absolute Gasteiger partial charge is 0.229 e. The van der Waals surface area contributed by atoms with Crippen molar-refractivity contribution in [1.82, 2.24) is 10.1 Å². The number of hydrogen-bond donors (Lipinski definition) is 1. The summed E-state index contributed by atoms with van der Waals surface area (Å²) in [5, 5.41) is 4.10. The van der Waals surface area contributed by atoms with E-state index in [4.69, 9.17) is 15.0 Å². The third-order valence-electron chi connectivity index (χ3n) is 3.87. The summed E-state index contributed by atoms with van der Waals surface area (Å²) in [4.78, 5) is 4.53. The van der Waals surface area contributed by atoms with Crippen molar-refractivity contribution in [2.24, 2.45) is 5.73 Å². The van der Waals surface area contributed by atoms with Crippen LogP contribution in [-0.4, -0.2) is 22.8 Å². The van der Waals surface area contributed by atoms with Crippen LogP contribution in [0.5, 0.6) is 0 Å². The molecule has 0 aliphatic heterocycles. The second-order valence-corrected chi connectivity index (χ2v) is 5.24. The van der Waals surface area contributed by atoms with Gasteiger partial charge in [0.1, 0.15) is 5.60 Å². The van der Waals surface area contributed by atoms with E-state index in [9.17, 15) is 0 Å². The lowest BCUT2D eigenvalue weighted by Gasteiger charge is -2.23.